The Bertz CT molecular complexity index is 314. The lowest BCUT2D eigenvalue weighted by Gasteiger charge is -2.35. The first kappa shape index (κ1) is 12.0. The molecule has 0 saturated heterocycles. The van der Waals surface area contributed by atoms with Gasteiger partial charge in [-0.15, -0.1) is 0 Å². The van der Waals surface area contributed by atoms with Crippen LogP contribution in [0.4, 0.5) is 0 Å². The Morgan fingerprint density at radius 1 is 1.33 bits per heavy atom. The van der Waals surface area contributed by atoms with Crippen molar-refractivity contribution in [3.05, 3.63) is 11.6 Å². The lowest BCUT2D eigenvalue weighted by Crippen LogP contribution is -2.45. The number of hydrogen-bond donors (Lipinski definition) is 1. The molecule has 0 aromatic rings. The van der Waals surface area contributed by atoms with Crippen molar-refractivity contribution in [2.45, 2.75) is 40.5 Å². The van der Waals surface area contributed by atoms with Crippen LogP contribution in [0.25, 0.3) is 0 Å². The van der Waals surface area contributed by atoms with E-state index in [0.717, 1.165) is 12.8 Å². The molecule has 1 aliphatic heterocycles. The Balaban J connectivity index is 3.04. The summed E-state index contributed by atoms with van der Waals surface area (Å²) < 4.78 is 0. The summed E-state index contributed by atoms with van der Waals surface area (Å²) in [6, 6.07) is 0. The van der Waals surface area contributed by atoms with Crippen molar-refractivity contribution in [3.8, 4) is 0 Å². The minimum atomic E-state index is -0.259. The van der Waals surface area contributed by atoms with Crippen molar-refractivity contribution in [2.24, 2.45) is 11.3 Å². The van der Waals surface area contributed by atoms with Crippen molar-refractivity contribution < 1.29 is 9.59 Å². The number of hydrogen-bond acceptors (Lipinski definition) is 2. The summed E-state index contributed by atoms with van der Waals surface area (Å²) in [5, 5.41) is 2.41. The van der Waals surface area contributed by atoms with E-state index in [1.807, 2.05) is 6.08 Å². The maximum absolute atomic E-state index is 11.7. The second kappa shape index (κ2) is 4.17. The van der Waals surface area contributed by atoms with Crippen LogP contribution >= 0.6 is 0 Å². The Kier molecular flexibility index (Phi) is 3.32. The van der Waals surface area contributed by atoms with Crippen molar-refractivity contribution in [1.29, 1.82) is 0 Å². The topological polar surface area (TPSA) is 46.2 Å². The number of imide groups is 1. The fourth-order valence-corrected chi connectivity index (χ4v) is 1.90. The van der Waals surface area contributed by atoms with Gasteiger partial charge < -0.3 is 0 Å². The predicted octanol–water partition coefficient (Wildman–Crippen LogP) is 2.03. The molecule has 3 nitrogen and oxygen atoms in total. The highest BCUT2D eigenvalue weighted by Gasteiger charge is 2.38. The molecule has 0 bridgehead atoms. The number of carbonyl (C=O) groups excluding carboxylic acids is 2. The molecule has 84 valence electrons. The van der Waals surface area contributed by atoms with Gasteiger partial charge in [0.1, 0.15) is 0 Å². The normalized spacial score (nSPS) is 22.4. The van der Waals surface area contributed by atoms with Crippen LogP contribution in [0.2, 0.25) is 0 Å². The summed E-state index contributed by atoms with van der Waals surface area (Å²) in [5.74, 6) is -0.590. The summed E-state index contributed by atoms with van der Waals surface area (Å²) in [4.78, 5) is 23.0. The number of rotatable bonds is 3. The average Bonchev–Trinajstić information content (AvgIpc) is 2.22. The molecule has 15 heavy (non-hydrogen) atoms. The Hall–Kier alpha value is -1.12. The van der Waals surface area contributed by atoms with Gasteiger partial charge in [-0.25, -0.2) is 0 Å². The highest BCUT2D eigenvalue weighted by atomic mass is 16.2. The summed E-state index contributed by atoms with van der Waals surface area (Å²) >= 11 is 0. The van der Waals surface area contributed by atoms with Gasteiger partial charge in [-0.05, 0) is 25.2 Å². The summed E-state index contributed by atoms with van der Waals surface area (Å²) in [6.07, 6.45) is 3.67. The molecule has 1 atom stereocenters. The van der Waals surface area contributed by atoms with Gasteiger partial charge in [0, 0.05) is 5.57 Å². The highest BCUT2D eigenvalue weighted by molar-refractivity contribution is 6.08. The molecule has 1 aliphatic rings. The predicted molar refractivity (Wildman–Crippen MR) is 59.1 cm³/mol. The van der Waals surface area contributed by atoms with Crippen molar-refractivity contribution in [2.75, 3.05) is 0 Å². The van der Waals surface area contributed by atoms with Crippen LogP contribution in [-0.4, -0.2) is 11.8 Å². The second-order valence-corrected chi connectivity index (χ2v) is 4.51. The molecule has 0 aromatic carbocycles. The van der Waals surface area contributed by atoms with Crippen LogP contribution in [0.5, 0.6) is 0 Å². The third-order valence-corrected chi connectivity index (χ3v) is 3.66. The van der Waals surface area contributed by atoms with Crippen LogP contribution < -0.4 is 5.32 Å². The van der Waals surface area contributed by atoms with E-state index in [2.05, 4.69) is 26.1 Å². The van der Waals surface area contributed by atoms with E-state index in [1.165, 1.54) is 0 Å². The first-order valence-corrected chi connectivity index (χ1v) is 5.48. The zero-order chi connectivity index (χ0) is 11.6. The minimum absolute atomic E-state index is 0.0496. The van der Waals surface area contributed by atoms with Gasteiger partial charge in [0.15, 0.2) is 0 Å². The van der Waals surface area contributed by atoms with E-state index in [-0.39, 0.29) is 23.1 Å². The van der Waals surface area contributed by atoms with E-state index in [4.69, 9.17) is 0 Å². The van der Waals surface area contributed by atoms with Gasteiger partial charge >= 0.3 is 0 Å². The Morgan fingerprint density at radius 3 is 2.33 bits per heavy atom. The van der Waals surface area contributed by atoms with E-state index in [9.17, 15) is 9.59 Å². The van der Waals surface area contributed by atoms with Crippen molar-refractivity contribution >= 4 is 11.8 Å². The van der Waals surface area contributed by atoms with Gasteiger partial charge in [0.25, 0.3) is 5.91 Å². The number of amides is 2. The molecule has 2 amide bonds. The SMILES string of the molecule is CCC(C)(CC)C1C=C(C)C(=O)NC1=O. The molecular weight excluding hydrogens is 190 g/mol. The van der Waals surface area contributed by atoms with Crippen LogP contribution in [0, 0.1) is 11.3 Å². The molecule has 1 heterocycles. The first-order valence-electron chi connectivity index (χ1n) is 5.48. The fourth-order valence-electron chi connectivity index (χ4n) is 1.90. The highest BCUT2D eigenvalue weighted by Crippen LogP contribution is 2.37. The zero-order valence-electron chi connectivity index (χ0n) is 9.89. The zero-order valence-corrected chi connectivity index (χ0v) is 9.89. The molecule has 0 radical (unpaired) electrons. The van der Waals surface area contributed by atoms with Crippen LogP contribution in [0.15, 0.2) is 11.6 Å². The van der Waals surface area contributed by atoms with E-state index < -0.39 is 0 Å². The lowest BCUT2D eigenvalue weighted by molar-refractivity contribution is -0.134. The molecule has 0 saturated carbocycles. The first-order chi connectivity index (χ1) is 6.94. The van der Waals surface area contributed by atoms with E-state index >= 15 is 0 Å². The van der Waals surface area contributed by atoms with Gasteiger partial charge in [-0.3, -0.25) is 14.9 Å². The molecule has 3 heteroatoms. The molecule has 0 spiro atoms. The average molecular weight is 209 g/mol. The number of carbonyl (C=O) groups is 2. The summed E-state index contributed by atoms with van der Waals surface area (Å²) in [7, 11) is 0. The smallest absolute Gasteiger partial charge is 0.253 e. The maximum atomic E-state index is 11.7. The molecule has 0 aromatic heterocycles. The van der Waals surface area contributed by atoms with E-state index in [1.54, 1.807) is 6.92 Å². The molecule has 1 rings (SSSR count). The molecule has 0 aliphatic carbocycles. The van der Waals surface area contributed by atoms with Gasteiger partial charge in [-0.2, -0.15) is 0 Å². The summed E-state index contributed by atoms with van der Waals surface area (Å²) in [5.41, 5.74) is 0.596. The Labute approximate surface area is 90.9 Å². The van der Waals surface area contributed by atoms with Gasteiger partial charge in [-0.1, -0.05) is 26.8 Å². The standard InChI is InChI=1S/C12H19NO2/c1-5-12(4,6-2)9-7-8(3)10(14)13-11(9)15/h7,9H,5-6H2,1-4H3,(H,13,14,15). The monoisotopic (exact) mass is 209 g/mol. The third-order valence-electron chi connectivity index (χ3n) is 3.66. The lowest BCUT2D eigenvalue weighted by atomic mass is 9.71. The molecule has 1 N–H and O–H groups in total. The quantitative estimate of drug-likeness (QED) is 0.723. The van der Waals surface area contributed by atoms with Gasteiger partial charge in [0.05, 0.1) is 5.92 Å². The van der Waals surface area contributed by atoms with E-state index in [0.29, 0.717) is 5.57 Å². The van der Waals surface area contributed by atoms with Gasteiger partial charge in [0.2, 0.25) is 5.91 Å². The maximum Gasteiger partial charge on any atom is 0.253 e. The molecule has 1 unspecified atom stereocenters. The van der Waals surface area contributed by atoms with Crippen molar-refractivity contribution in [3.63, 3.8) is 0 Å². The minimum Gasteiger partial charge on any atom is -0.292 e. The number of nitrogens with one attached hydrogen (secondary N) is 1. The van der Waals surface area contributed by atoms with Crippen molar-refractivity contribution in [1.82, 2.24) is 5.32 Å². The third kappa shape index (κ3) is 2.11. The summed E-state index contributed by atoms with van der Waals surface area (Å²) in [6.45, 7) is 8.00. The molecular formula is C12H19NO2. The van der Waals surface area contributed by atoms with Crippen LogP contribution in [0.3, 0.4) is 0 Å². The van der Waals surface area contributed by atoms with Crippen LogP contribution in [-0.2, 0) is 9.59 Å². The van der Waals surface area contributed by atoms with Crippen LogP contribution in [0.1, 0.15) is 40.5 Å². The molecule has 0 fully saturated rings. The largest absolute Gasteiger partial charge is 0.292 e. The second-order valence-electron chi connectivity index (χ2n) is 4.51. The Morgan fingerprint density at radius 2 is 1.87 bits per heavy atom. The fraction of sp³-hybridized carbons (Fsp3) is 0.667.